The van der Waals surface area contributed by atoms with E-state index in [0.717, 1.165) is 6.07 Å². The van der Waals surface area contributed by atoms with Crippen LogP contribution in [0.1, 0.15) is 31.9 Å². The van der Waals surface area contributed by atoms with Crippen LogP contribution in [0, 0.1) is 18.6 Å². The quantitative estimate of drug-likeness (QED) is 0.896. The Bertz CT molecular complexity index is 582. The summed E-state index contributed by atoms with van der Waals surface area (Å²) in [6, 6.07) is 0.811. The number of carboxylic acids is 1. The van der Waals surface area contributed by atoms with Gasteiger partial charge in [-0.05, 0) is 39.3 Å². The molecule has 0 aliphatic heterocycles. The lowest BCUT2D eigenvalue weighted by atomic mass is 10.0. The Balaban J connectivity index is 2.93. The molecule has 0 radical (unpaired) electrons. The van der Waals surface area contributed by atoms with E-state index in [1.54, 1.807) is 20.8 Å². The van der Waals surface area contributed by atoms with E-state index in [0.29, 0.717) is 0 Å². The van der Waals surface area contributed by atoms with Crippen molar-refractivity contribution in [2.24, 2.45) is 0 Å². The minimum absolute atomic E-state index is 0.192. The largest absolute Gasteiger partial charge is 0.480 e. The SMILES string of the molecule is Cc1ccc(F)c(CC(NC(=O)OC(C)(C)C)C(=O)O)c1F. The van der Waals surface area contributed by atoms with Gasteiger partial charge in [0.05, 0.1) is 0 Å². The third-order valence-electron chi connectivity index (χ3n) is 2.78. The van der Waals surface area contributed by atoms with E-state index in [-0.39, 0.29) is 11.1 Å². The van der Waals surface area contributed by atoms with Crippen molar-refractivity contribution in [3.63, 3.8) is 0 Å². The Morgan fingerprint density at radius 2 is 1.91 bits per heavy atom. The van der Waals surface area contributed by atoms with Crippen molar-refractivity contribution in [2.45, 2.75) is 45.8 Å². The van der Waals surface area contributed by atoms with Crippen molar-refractivity contribution in [1.82, 2.24) is 5.32 Å². The molecule has 0 heterocycles. The third-order valence-corrected chi connectivity index (χ3v) is 2.78. The fraction of sp³-hybridized carbons (Fsp3) is 0.467. The first-order valence-corrected chi connectivity index (χ1v) is 6.67. The van der Waals surface area contributed by atoms with E-state index >= 15 is 0 Å². The van der Waals surface area contributed by atoms with Crippen LogP contribution >= 0.6 is 0 Å². The van der Waals surface area contributed by atoms with E-state index in [4.69, 9.17) is 9.84 Å². The number of hydrogen-bond acceptors (Lipinski definition) is 3. The predicted molar refractivity (Wildman–Crippen MR) is 75.6 cm³/mol. The fourth-order valence-corrected chi connectivity index (χ4v) is 1.76. The normalized spacial score (nSPS) is 12.6. The van der Waals surface area contributed by atoms with Gasteiger partial charge in [0.15, 0.2) is 0 Å². The number of rotatable bonds is 4. The van der Waals surface area contributed by atoms with E-state index in [2.05, 4.69) is 5.32 Å². The molecule has 0 bridgehead atoms. The van der Waals surface area contributed by atoms with Gasteiger partial charge < -0.3 is 15.2 Å². The molecule has 0 fully saturated rings. The zero-order valence-corrected chi connectivity index (χ0v) is 12.9. The number of amides is 1. The zero-order chi connectivity index (χ0) is 17.1. The molecule has 1 amide bonds. The number of alkyl carbamates (subject to hydrolysis) is 1. The molecule has 122 valence electrons. The van der Waals surface area contributed by atoms with Gasteiger partial charge in [0, 0.05) is 12.0 Å². The highest BCUT2D eigenvalue weighted by molar-refractivity contribution is 5.80. The maximum absolute atomic E-state index is 13.9. The topological polar surface area (TPSA) is 75.6 Å². The summed E-state index contributed by atoms with van der Waals surface area (Å²) in [6.07, 6.45) is -1.48. The predicted octanol–water partition coefficient (Wildman–Crippen LogP) is 2.79. The summed E-state index contributed by atoms with van der Waals surface area (Å²) in [5.41, 5.74) is -1.01. The number of aryl methyl sites for hydroxylation is 1. The summed E-state index contributed by atoms with van der Waals surface area (Å²) in [6.45, 7) is 6.28. The van der Waals surface area contributed by atoms with Gasteiger partial charge in [0.25, 0.3) is 0 Å². The van der Waals surface area contributed by atoms with Crippen LogP contribution in [0.4, 0.5) is 13.6 Å². The highest BCUT2D eigenvalue weighted by atomic mass is 19.1. The van der Waals surface area contributed by atoms with Crippen molar-refractivity contribution < 1.29 is 28.2 Å². The van der Waals surface area contributed by atoms with Crippen LogP contribution in [-0.2, 0) is 16.0 Å². The van der Waals surface area contributed by atoms with Crippen molar-refractivity contribution in [1.29, 1.82) is 0 Å². The molecule has 0 saturated heterocycles. The number of nitrogens with one attached hydrogen (secondary N) is 1. The number of aliphatic carboxylic acids is 1. The van der Waals surface area contributed by atoms with E-state index < -0.39 is 41.8 Å². The van der Waals surface area contributed by atoms with E-state index in [9.17, 15) is 18.4 Å². The van der Waals surface area contributed by atoms with Gasteiger partial charge in [-0.1, -0.05) is 6.07 Å². The molecule has 0 aromatic heterocycles. The maximum atomic E-state index is 13.9. The van der Waals surface area contributed by atoms with Gasteiger partial charge in [-0.15, -0.1) is 0 Å². The highest BCUT2D eigenvalue weighted by Crippen LogP contribution is 2.18. The number of halogens is 2. The molecular weight excluding hydrogens is 296 g/mol. The molecule has 1 atom stereocenters. The van der Waals surface area contributed by atoms with Gasteiger partial charge in [0.2, 0.25) is 0 Å². The van der Waals surface area contributed by atoms with Crippen LogP contribution in [0.3, 0.4) is 0 Å². The minimum atomic E-state index is -1.50. The summed E-state index contributed by atoms with van der Waals surface area (Å²) in [7, 11) is 0. The fourth-order valence-electron chi connectivity index (χ4n) is 1.76. The molecule has 1 aromatic carbocycles. The summed E-state index contributed by atoms with van der Waals surface area (Å²) >= 11 is 0. The van der Waals surface area contributed by atoms with Gasteiger partial charge in [0.1, 0.15) is 23.3 Å². The van der Waals surface area contributed by atoms with E-state index in [1.807, 2.05) is 0 Å². The summed E-state index contributed by atoms with van der Waals surface area (Å²) < 4.78 is 32.5. The molecule has 0 aliphatic carbocycles. The number of carbonyl (C=O) groups is 2. The lowest BCUT2D eigenvalue weighted by Crippen LogP contribution is -2.45. The summed E-state index contributed by atoms with van der Waals surface area (Å²) in [4.78, 5) is 22.8. The van der Waals surface area contributed by atoms with Crippen LogP contribution in [0.2, 0.25) is 0 Å². The Labute approximate surface area is 127 Å². The number of carboxylic acid groups (broad SMARTS) is 1. The van der Waals surface area contributed by atoms with Crippen LogP contribution in [0.5, 0.6) is 0 Å². The molecule has 0 aliphatic rings. The first-order valence-electron chi connectivity index (χ1n) is 6.67. The summed E-state index contributed by atoms with van der Waals surface area (Å²) in [5.74, 6) is -3.09. The Morgan fingerprint density at radius 3 is 2.41 bits per heavy atom. The molecule has 1 aromatic rings. The Kier molecular flexibility index (Phi) is 5.46. The Hall–Kier alpha value is -2.18. The third kappa shape index (κ3) is 4.98. The van der Waals surface area contributed by atoms with Crippen molar-refractivity contribution in [3.05, 3.63) is 34.9 Å². The van der Waals surface area contributed by atoms with Gasteiger partial charge >= 0.3 is 12.1 Å². The van der Waals surface area contributed by atoms with Crippen molar-refractivity contribution >= 4 is 12.1 Å². The molecule has 0 saturated carbocycles. The first-order chi connectivity index (χ1) is 10.0. The number of carbonyl (C=O) groups excluding carboxylic acids is 1. The molecule has 5 nitrogen and oxygen atoms in total. The van der Waals surface area contributed by atoms with Crippen LogP contribution in [0.15, 0.2) is 12.1 Å². The van der Waals surface area contributed by atoms with Crippen LogP contribution < -0.4 is 5.32 Å². The average molecular weight is 315 g/mol. The monoisotopic (exact) mass is 315 g/mol. The Morgan fingerprint density at radius 1 is 1.32 bits per heavy atom. The van der Waals surface area contributed by atoms with Gasteiger partial charge in [-0.2, -0.15) is 0 Å². The highest BCUT2D eigenvalue weighted by Gasteiger charge is 2.26. The van der Waals surface area contributed by atoms with Crippen molar-refractivity contribution in [3.8, 4) is 0 Å². The second kappa shape index (κ2) is 6.72. The maximum Gasteiger partial charge on any atom is 0.408 e. The minimum Gasteiger partial charge on any atom is -0.480 e. The number of benzene rings is 1. The second-order valence-electron chi connectivity index (χ2n) is 5.90. The molecule has 22 heavy (non-hydrogen) atoms. The van der Waals surface area contributed by atoms with Gasteiger partial charge in [-0.25, -0.2) is 18.4 Å². The summed E-state index contributed by atoms with van der Waals surface area (Å²) in [5, 5.41) is 11.2. The van der Waals surface area contributed by atoms with E-state index in [1.165, 1.54) is 13.0 Å². The lowest BCUT2D eigenvalue weighted by molar-refractivity contribution is -0.139. The number of hydrogen-bond donors (Lipinski definition) is 2. The molecular formula is C15H19F2NO4. The second-order valence-corrected chi connectivity index (χ2v) is 5.90. The standard InChI is InChI=1S/C15H19F2NO4/c1-8-5-6-10(16)9(12(8)17)7-11(13(19)20)18-14(21)22-15(2,3)4/h5-6,11H,7H2,1-4H3,(H,18,21)(H,19,20). The molecule has 2 N–H and O–H groups in total. The van der Waals surface area contributed by atoms with Gasteiger partial charge in [-0.3, -0.25) is 0 Å². The molecule has 1 rings (SSSR count). The average Bonchev–Trinajstić information content (AvgIpc) is 2.35. The van der Waals surface area contributed by atoms with Crippen LogP contribution in [0.25, 0.3) is 0 Å². The molecule has 1 unspecified atom stereocenters. The zero-order valence-electron chi connectivity index (χ0n) is 12.9. The first kappa shape index (κ1) is 17.9. The molecule has 0 spiro atoms. The number of ether oxygens (including phenoxy) is 1. The van der Waals surface area contributed by atoms with Crippen molar-refractivity contribution in [2.75, 3.05) is 0 Å². The smallest absolute Gasteiger partial charge is 0.408 e. The molecule has 7 heteroatoms. The lowest BCUT2D eigenvalue weighted by Gasteiger charge is -2.22. The van der Waals surface area contributed by atoms with Crippen LogP contribution in [-0.4, -0.2) is 28.8 Å².